The molecule has 6 aromatic carbocycles. The van der Waals surface area contributed by atoms with Gasteiger partial charge in [-0.15, -0.1) is 0 Å². The Morgan fingerprint density at radius 2 is 0.816 bits per heavy atom. The zero-order valence-electron chi connectivity index (χ0n) is 28.7. The van der Waals surface area contributed by atoms with Crippen molar-refractivity contribution in [2.24, 2.45) is 5.92 Å². The maximum absolute atomic E-state index is 10.2. The number of aromatic hydroxyl groups is 2. The van der Waals surface area contributed by atoms with E-state index >= 15 is 0 Å². The van der Waals surface area contributed by atoms with E-state index in [2.05, 4.69) is 135 Å². The minimum Gasteiger partial charge on any atom is -0.508 e. The number of hydrogen-bond donors (Lipinski definition) is 2. The van der Waals surface area contributed by atoms with Gasteiger partial charge in [0.2, 0.25) is 0 Å². The summed E-state index contributed by atoms with van der Waals surface area (Å²) in [6.45, 7) is 13.9. The van der Waals surface area contributed by atoms with Crippen LogP contribution in [-0.4, -0.2) is 15.8 Å². The minimum absolute atomic E-state index is 0.110. The number of rotatable bonds is 11. The van der Waals surface area contributed by atoms with Crippen LogP contribution < -0.4 is 9.80 Å². The fourth-order valence-corrected chi connectivity index (χ4v) is 6.97. The van der Waals surface area contributed by atoms with Crippen LogP contribution >= 0.6 is 0 Å². The predicted octanol–water partition coefficient (Wildman–Crippen LogP) is 11.7. The largest absolute Gasteiger partial charge is 0.508 e. The Bertz CT molecular complexity index is 1890. The highest BCUT2D eigenvalue weighted by Gasteiger charge is 2.47. The SMILES string of the molecule is C=C(C(C)(c1ccc(O)cc1)c1ccc(O)cc1)C(C)(C(C)C)N(c1ccccc1)c1ccc(N(c2ccccc2)c2ccccc2)cc1. The normalized spacial score (nSPS) is 12.7. The molecule has 0 saturated carbocycles. The van der Waals surface area contributed by atoms with Gasteiger partial charge in [0.1, 0.15) is 11.5 Å². The molecular weight excluding hydrogens is 601 g/mol. The van der Waals surface area contributed by atoms with Crippen LogP contribution in [0.3, 0.4) is 0 Å². The van der Waals surface area contributed by atoms with Gasteiger partial charge in [0, 0.05) is 33.9 Å². The van der Waals surface area contributed by atoms with Gasteiger partial charge in [0.25, 0.3) is 0 Å². The van der Waals surface area contributed by atoms with Crippen LogP contribution in [0.15, 0.2) is 176 Å². The summed E-state index contributed by atoms with van der Waals surface area (Å²) in [5.41, 5.74) is 6.97. The van der Waals surface area contributed by atoms with Crippen molar-refractivity contribution in [1.82, 2.24) is 0 Å². The summed E-state index contributed by atoms with van der Waals surface area (Å²) in [4.78, 5) is 4.68. The van der Waals surface area contributed by atoms with Gasteiger partial charge in [-0.2, -0.15) is 0 Å². The van der Waals surface area contributed by atoms with Gasteiger partial charge in [0.05, 0.1) is 5.54 Å². The zero-order valence-corrected chi connectivity index (χ0v) is 28.7. The van der Waals surface area contributed by atoms with Crippen molar-refractivity contribution in [2.75, 3.05) is 9.80 Å². The number of benzene rings is 6. The molecule has 0 bridgehead atoms. The number of nitrogens with zero attached hydrogens (tertiary/aromatic N) is 2. The first-order valence-electron chi connectivity index (χ1n) is 16.8. The number of phenolic OH excluding ortho intramolecular Hbond substituents is 2. The van der Waals surface area contributed by atoms with E-state index in [9.17, 15) is 10.2 Å². The highest BCUT2D eigenvalue weighted by Crippen LogP contribution is 2.51. The average Bonchev–Trinajstić information content (AvgIpc) is 3.13. The molecule has 0 aliphatic rings. The molecule has 6 rings (SSSR count). The molecule has 1 atom stereocenters. The first-order chi connectivity index (χ1) is 23.6. The van der Waals surface area contributed by atoms with Crippen LogP contribution in [0.2, 0.25) is 0 Å². The van der Waals surface area contributed by atoms with Gasteiger partial charge < -0.3 is 20.0 Å². The van der Waals surface area contributed by atoms with Gasteiger partial charge in [-0.3, -0.25) is 0 Å². The lowest BCUT2D eigenvalue weighted by Gasteiger charge is -2.52. The number of para-hydroxylation sites is 3. The summed E-state index contributed by atoms with van der Waals surface area (Å²) >= 11 is 0. The molecule has 2 N–H and O–H groups in total. The Labute approximate surface area is 290 Å². The predicted molar refractivity (Wildman–Crippen MR) is 205 cm³/mol. The maximum atomic E-state index is 10.2. The molecule has 1 unspecified atom stereocenters. The van der Waals surface area contributed by atoms with Crippen molar-refractivity contribution in [3.63, 3.8) is 0 Å². The lowest BCUT2D eigenvalue weighted by molar-refractivity contribution is 0.355. The van der Waals surface area contributed by atoms with Crippen molar-refractivity contribution < 1.29 is 10.2 Å². The summed E-state index contributed by atoms with van der Waals surface area (Å²) < 4.78 is 0. The maximum Gasteiger partial charge on any atom is 0.115 e. The van der Waals surface area contributed by atoms with Crippen molar-refractivity contribution in [1.29, 1.82) is 0 Å². The third-order valence-corrected chi connectivity index (χ3v) is 10.1. The van der Waals surface area contributed by atoms with Crippen LogP contribution in [0.4, 0.5) is 28.4 Å². The monoisotopic (exact) mass is 644 g/mol. The van der Waals surface area contributed by atoms with E-state index in [0.29, 0.717) is 0 Å². The zero-order chi connectivity index (χ0) is 34.6. The molecule has 4 heteroatoms. The topological polar surface area (TPSA) is 46.9 Å². The fraction of sp³-hybridized carbons (Fsp3) is 0.156. The van der Waals surface area contributed by atoms with Crippen LogP contribution in [-0.2, 0) is 5.41 Å². The molecule has 0 aromatic heterocycles. The van der Waals surface area contributed by atoms with E-state index in [-0.39, 0.29) is 17.4 Å². The Hall–Kier alpha value is -5.74. The van der Waals surface area contributed by atoms with E-state index in [0.717, 1.165) is 45.1 Å². The standard InChI is InChI=1S/C45H44N2O2/c1-33(2)45(5,34(3)44(4,35-21-29-42(48)30-22-35)36-23-31-43(49)32-24-36)47(40-19-13-8-14-20-40)41-27-25-39(26-28-41)46(37-15-9-6-10-16-37)38-17-11-7-12-18-38/h6-33,48-49H,3H2,1-2,4-5H3. The molecule has 246 valence electrons. The summed E-state index contributed by atoms with van der Waals surface area (Å²) in [6, 6.07) is 54.9. The smallest absolute Gasteiger partial charge is 0.115 e. The Kier molecular flexibility index (Phi) is 9.33. The summed E-state index contributed by atoms with van der Waals surface area (Å²) in [6.07, 6.45) is 0. The van der Waals surface area contributed by atoms with Crippen molar-refractivity contribution in [3.05, 3.63) is 187 Å². The molecule has 0 amide bonds. The molecule has 6 aromatic rings. The minimum atomic E-state index is -0.690. The quantitative estimate of drug-likeness (QED) is 0.138. The van der Waals surface area contributed by atoms with E-state index in [1.807, 2.05) is 42.5 Å². The van der Waals surface area contributed by atoms with E-state index < -0.39 is 11.0 Å². The van der Waals surface area contributed by atoms with Gasteiger partial charge in [0.15, 0.2) is 0 Å². The van der Waals surface area contributed by atoms with E-state index in [1.54, 1.807) is 24.3 Å². The number of phenols is 2. The molecule has 0 saturated heterocycles. The lowest BCUT2D eigenvalue weighted by Crippen LogP contribution is -2.54. The molecule has 0 fully saturated rings. The number of hydrogen-bond acceptors (Lipinski definition) is 4. The van der Waals surface area contributed by atoms with Gasteiger partial charge in [-0.25, -0.2) is 0 Å². The van der Waals surface area contributed by atoms with Gasteiger partial charge in [-0.05, 0) is 121 Å². The van der Waals surface area contributed by atoms with Crippen molar-refractivity contribution in [2.45, 2.75) is 38.6 Å². The summed E-state index contributed by atoms with van der Waals surface area (Å²) in [7, 11) is 0. The third kappa shape index (κ3) is 6.30. The molecule has 0 aliphatic heterocycles. The van der Waals surface area contributed by atoms with Crippen LogP contribution in [0.5, 0.6) is 11.5 Å². The number of anilines is 5. The molecule has 0 aliphatic carbocycles. The second-order valence-electron chi connectivity index (χ2n) is 13.2. The van der Waals surface area contributed by atoms with Crippen molar-refractivity contribution in [3.8, 4) is 11.5 Å². The fourth-order valence-electron chi connectivity index (χ4n) is 6.97. The molecular formula is C45H44N2O2. The van der Waals surface area contributed by atoms with E-state index in [1.165, 1.54) is 0 Å². The Morgan fingerprint density at radius 1 is 0.490 bits per heavy atom. The first kappa shape index (κ1) is 33.2. The Balaban J connectivity index is 1.52. The second kappa shape index (κ2) is 13.8. The van der Waals surface area contributed by atoms with Gasteiger partial charge in [-0.1, -0.05) is 99.3 Å². The highest BCUT2D eigenvalue weighted by atomic mass is 16.3. The average molecular weight is 645 g/mol. The summed E-state index contributed by atoms with van der Waals surface area (Å²) in [5.74, 6) is 0.527. The van der Waals surface area contributed by atoms with E-state index in [4.69, 9.17) is 6.58 Å². The van der Waals surface area contributed by atoms with Crippen LogP contribution in [0.25, 0.3) is 0 Å². The van der Waals surface area contributed by atoms with Gasteiger partial charge >= 0.3 is 0 Å². The molecule has 0 heterocycles. The third-order valence-electron chi connectivity index (χ3n) is 10.1. The lowest BCUT2D eigenvalue weighted by atomic mass is 9.62. The molecule has 49 heavy (non-hydrogen) atoms. The molecule has 0 spiro atoms. The first-order valence-corrected chi connectivity index (χ1v) is 16.8. The van der Waals surface area contributed by atoms with Crippen molar-refractivity contribution >= 4 is 28.4 Å². The Morgan fingerprint density at radius 3 is 1.20 bits per heavy atom. The van der Waals surface area contributed by atoms with Crippen LogP contribution in [0.1, 0.15) is 38.8 Å². The second-order valence-corrected chi connectivity index (χ2v) is 13.2. The highest BCUT2D eigenvalue weighted by molar-refractivity contribution is 5.79. The summed E-state index contributed by atoms with van der Waals surface area (Å²) in [5, 5.41) is 20.5. The molecule has 4 nitrogen and oxygen atoms in total. The molecule has 0 radical (unpaired) electrons. The van der Waals surface area contributed by atoms with Crippen LogP contribution in [0, 0.1) is 5.92 Å².